The van der Waals surface area contributed by atoms with Crippen molar-refractivity contribution in [3.63, 3.8) is 0 Å². The van der Waals surface area contributed by atoms with Gasteiger partial charge in [-0.15, -0.1) is 11.3 Å². The first-order valence-corrected chi connectivity index (χ1v) is 6.43. The van der Waals surface area contributed by atoms with Crippen LogP contribution in [0.15, 0.2) is 29.8 Å². The van der Waals surface area contributed by atoms with Gasteiger partial charge in [0.15, 0.2) is 0 Å². The van der Waals surface area contributed by atoms with Crippen LogP contribution in [0.1, 0.15) is 24.8 Å². The van der Waals surface area contributed by atoms with Crippen LogP contribution in [0, 0.1) is 5.92 Å². The van der Waals surface area contributed by atoms with Crippen LogP contribution in [-0.2, 0) is 0 Å². The average Bonchev–Trinajstić information content (AvgIpc) is 2.78. The van der Waals surface area contributed by atoms with E-state index >= 15 is 0 Å². The van der Waals surface area contributed by atoms with Crippen molar-refractivity contribution in [2.75, 3.05) is 11.1 Å². The van der Waals surface area contributed by atoms with Gasteiger partial charge in [-0.1, -0.05) is 19.9 Å². The zero-order valence-electron chi connectivity index (χ0n) is 9.92. The lowest BCUT2D eigenvalue weighted by molar-refractivity contribution is 0.550. The molecule has 5 heteroatoms. The van der Waals surface area contributed by atoms with Gasteiger partial charge >= 0.3 is 0 Å². The number of nitrogens with two attached hydrogens (primary N) is 1. The quantitative estimate of drug-likeness (QED) is 0.873. The third-order valence-corrected chi connectivity index (χ3v) is 3.43. The predicted molar refractivity (Wildman–Crippen MR) is 72.0 cm³/mol. The molecule has 0 aliphatic rings. The van der Waals surface area contributed by atoms with Gasteiger partial charge in [0, 0.05) is 11.1 Å². The maximum absolute atomic E-state index is 5.64. The Labute approximate surface area is 105 Å². The second-order valence-electron chi connectivity index (χ2n) is 4.19. The summed E-state index contributed by atoms with van der Waals surface area (Å²) in [5, 5.41) is 5.41. The molecule has 0 amide bonds. The third-order valence-electron chi connectivity index (χ3n) is 2.48. The highest BCUT2D eigenvalue weighted by atomic mass is 32.1. The van der Waals surface area contributed by atoms with Crippen LogP contribution in [0.5, 0.6) is 0 Å². The van der Waals surface area contributed by atoms with Gasteiger partial charge in [0.1, 0.15) is 5.82 Å². The van der Waals surface area contributed by atoms with Crippen LogP contribution in [0.25, 0.3) is 0 Å². The number of hydrogen-bond acceptors (Lipinski definition) is 5. The fourth-order valence-corrected chi connectivity index (χ4v) is 2.56. The summed E-state index contributed by atoms with van der Waals surface area (Å²) in [7, 11) is 0. The molecule has 2 heterocycles. The highest BCUT2D eigenvalue weighted by molar-refractivity contribution is 7.10. The number of hydrogen-bond donors (Lipinski definition) is 2. The van der Waals surface area contributed by atoms with Gasteiger partial charge in [-0.05, 0) is 23.4 Å². The smallest absolute Gasteiger partial charge is 0.225 e. The number of anilines is 2. The lowest BCUT2D eigenvalue weighted by Gasteiger charge is -2.21. The van der Waals surface area contributed by atoms with Crippen LogP contribution < -0.4 is 11.1 Å². The molecule has 0 spiro atoms. The normalized spacial score (nSPS) is 12.6. The zero-order valence-corrected chi connectivity index (χ0v) is 10.7. The molecule has 0 saturated carbocycles. The van der Waals surface area contributed by atoms with E-state index in [0.717, 1.165) is 0 Å². The minimum Gasteiger partial charge on any atom is -0.384 e. The van der Waals surface area contributed by atoms with Gasteiger partial charge < -0.3 is 11.1 Å². The second kappa shape index (κ2) is 5.14. The first-order valence-electron chi connectivity index (χ1n) is 5.55. The number of nitrogens with one attached hydrogen (secondary N) is 1. The Bertz CT molecular complexity index is 467. The minimum absolute atomic E-state index is 0.219. The molecule has 0 aliphatic carbocycles. The van der Waals surface area contributed by atoms with Crippen molar-refractivity contribution >= 4 is 23.1 Å². The Balaban J connectivity index is 2.19. The van der Waals surface area contributed by atoms with Crippen molar-refractivity contribution in [2.24, 2.45) is 5.92 Å². The molecule has 0 saturated heterocycles. The monoisotopic (exact) mass is 248 g/mol. The molecule has 1 atom stereocenters. The Hall–Kier alpha value is -1.62. The average molecular weight is 248 g/mol. The van der Waals surface area contributed by atoms with E-state index in [4.69, 9.17) is 5.73 Å². The molecule has 2 rings (SSSR count). The van der Waals surface area contributed by atoms with Gasteiger partial charge in [-0.2, -0.15) is 4.98 Å². The van der Waals surface area contributed by atoms with E-state index in [2.05, 4.69) is 46.6 Å². The summed E-state index contributed by atoms with van der Waals surface area (Å²) in [5.74, 6) is 1.52. The molecule has 90 valence electrons. The Morgan fingerprint density at radius 1 is 1.35 bits per heavy atom. The van der Waals surface area contributed by atoms with Crippen LogP contribution in [-0.4, -0.2) is 9.97 Å². The molecule has 1 unspecified atom stereocenters. The van der Waals surface area contributed by atoms with Gasteiger partial charge in [0.2, 0.25) is 5.95 Å². The Morgan fingerprint density at radius 2 is 2.18 bits per heavy atom. The molecule has 2 aromatic rings. The van der Waals surface area contributed by atoms with E-state index in [1.807, 2.05) is 0 Å². The lowest BCUT2D eigenvalue weighted by Crippen LogP contribution is -2.17. The standard InChI is InChI=1S/C12H16N4S/c1-8(2)11(9-4-3-7-17-9)16-12-14-6-5-10(13)15-12/h3-8,11H,1-2H3,(H3,13,14,15,16). The molecule has 0 fully saturated rings. The minimum atomic E-state index is 0.219. The van der Waals surface area contributed by atoms with Crippen molar-refractivity contribution < 1.29 is 0 Å². The summed E-state index contributed by atoms with van der Waals surface area (Å²) in [6.07, 6.45) is 1.66. The summed E-state index contributed by atoms with van der Waals surface area (Å²) in [4.78, 5) is 9.62. The van der Waals surface area contributed by atoms with E-state index in [9.17, 15) is 0 Å². The number of nitrogen functional groups attached to an aromatic ring is 1. The largest absolute Gasteiger partial charge is 0.384 e. The summed E-state index contributed by atoms with van der Waals surface area (Å²) in [5.41, 5.74) is 5.64. The molecule has 4 nitrogen and oxygen atoms in total. The van der Waals surface area contributed by atoms with Gasteiger partial charge in [-0.3, -0.25) is 0 Å². The molecular formula is C12H16N4S. The molecule has 0 aromatic carbocycles. The summed E-state index contributed by atoms with van der Waals surface area (Å²) in [6.45, 7) is 4.34. The molecule has 0 radical (unpaired) electrons. The molecule has 0 aliphatic heterocycles. The highest BCUT2D eigenvalue weighted by Crippen LogP contribution is 2.28. The maximum Gasteiger partial charge on any atom is 0.225 e. The van der Waals surface area contributed by atoms with Crippen molar-refractivity contribution in [3.05, 3.63) is 34.7 Å². The van der Waals surface area contributed by atoms with Gasteiger partial charge in [0.05, 0.1) is 6.04 Å². The topological polar surface area (TPSA) is 63.8 Å². The fourth-order valence-electron chi connectivity index (χ4n) is 1.62. The molecule has 2 aromatic heterocycles. The van der Waals surface area contributed by atoms with E-state index in [1.54, 1.807) is 23.6 Å². The van der Waals surface area contributed by atoms with E-state index in [0.29, 0.717) is 17.7 Å². The third kappa shape index (κ3) is 2.94. The SMILES string of the molecule is CC(C)C(Nc1nccc(N)n1)c1cccs1. The van der Waals surface area contributed by atoms with Gasteiger partial charge in [-0.25, -0.2) is 4.98 Å². The second-order valence-corrected chi connectivity index (χ2v) is 5.17. The molecule has 17 heavy (non-hydrogen) atoms. The number of aromatic nitrogens is 2. The summed E-state index contributed by atoms with van der Waals surface area (Å²) >= 11 is 1.73. The first-order chi connectivity index (χ1) is 8.16. The van der Waals surface area contributed by atoms with Gasteiger partial charge in [0.25, 0.3) is 0 Å². The summed E-state index contributed by atoms with van der Waals surface area (Å²) < 4.78 is 0. The summed E-state index contributed by atoms with van der Waals surface area (Å²) in [6, 6.07) is 6.07. The Morgan fingerprint density at radius 3 is 2.76 bits per heavy atom. The zero-order chi connectivity index (χ0) is 12.3. The van der Waals surface area contributed by atoms with Crippen LogP contribution in [0.3, 0.4) is 0 Å². The van der Waals surface area contributed by atoms with Crippen LogP contribution in [0.4, 0.5) is 11.8 Å². The van der Waals surface area contributed by atoms with E-state index in [-0.39, 0.29) is 6.04 Å². The van der Waals surface area contributed by atoms with Crippen LogP contribution in [0.2, 0.25) is 0 Å². The van der Waals surface area contributed by atoms with E-state index < -0.39 is 0 Å². The van der Waals surface area contributed by atoms with Crippen molar-refractivity contribution in [1.29, 1.82) is 0 Å². The van der Waals surface area contributed by atoms with Crippen molar-refractivity contribution in [3.8, 4) is 0 Å². The van der Waals surface area contributed by atoms with E-state index in [1.165, 1.54) is 4.88 Å². The number of rotatable bonds is 4. The van der Waals surface area contributed by atoms with Crippen LogP contribution >= 0.6 is 11.3 Å². The number of thiophene rings is 1. The molecular weight excluding hydrogens is 232 g/mol. The van der Waals surface area contributed by atoms with Crippen molar-refractivity contribution in [2.45, 2.75) is 19.9 Å². The number of nitrogens with zero attached hydrogens (tertiary/aromatic N) is 2. The fraction of sp³-hybridized carbons (Fsp3) is 0.333. The molecule has 3 N–H and O–H groups in total. The maximum atomic E-state index is 5.64. The highest BCUT2D eigenvalue weighted by Gasteiger charge is 2.17. The van der Waals surface area contributed by atoms with Crippen molar-refractivity contribution in [1.82, 2.24) is 9.97 Å². The first kappa shape index (κ1) is 11.9. The Kier molecular flexibility index (Phi) is 3.58. The lowest BCUT2D eigenvalue weighted by atomic mass is 10.0. The predicted octanol–water partition coefficient (Wildman–Crippen LogP) is 2.93. The molecule has 0 bridgehead atoms.